The van der Waals surface area contributed by atoms with Crippen molar-refractivity contribution in [2.24, 2.45) is 0 Å². The molecule has 2 N–H and O–H groups in total. The summed E-state index contributed by atoms with van der Waals surface area (Å²) in [4.78, 5) is 22.0. The van der Waals surface area contributed by atoms with Gasteiger partial charge in [0.1, 0.15) is 12.7 Å². The van der Waals surface area contributed by atoms with Crippen LogP contribution in [0.2, 0.25) is 0 Å². The topological polar surface area (TPSA) is 93.1 Å². The van der Waals surface area contributed by atoms with Crippen molar-refractivity contribution in [3.8, 4) is 0 Å². The van der Waals surface area contributed by atoms with Gasteiger partial charge in [-0.2, -0.15) is 0 Å². The summed E-state index contributed by atoms with van der Waals surface area (Å²) in [7, 11) is 0. The van der Waals surface area contributed by atoms with Gasteiger partial charge in [0.2, 0.25) is 0 Å². The Hall–Kier alpha value is -1.66. The fraction of sp³-hybridized carbons (Fsp3) is 0.400. The second kappa shape index (κ2) is 6.76. The lowest BCUT2D eigenvalue weighted by Gasteiger charge is -2.10. The molecule has 6 nitrogen and oxygen atoms in total. The van der Waals surface area contributed by atoms with Crippen molar-refractivity contribution in [3.63, 3.8) is 0 Å². The summed E-state index contributed by atoms with van der Waals surface area (Å²) in [5.41, 5.74) is 0.0662. The molecule has 0 bridgehead atoms. The fourth-order valence-electron chi connectivity index (χ4n) is 0.537. The SMILES string of the molecule is C=C(C)C(=O)OC(=O)C(=C)OCC(O)CO. The molecule has 0 rings (SSSR count). The van der Waals surface area contributed by atoms with Gasteiger partial charge < -0.3 is 19.7 Å². The largest absolute Gasteiger partial charge is 0.484 e. The molecule has 0 fully saturated rings. The normalized spacial score (nSPS) is 11.4. The molecule has 0 heterocycles. The zero-order chi connectivity index (χ0) is 12.7. The van der Waals surface area contributed by atoms with Gasteiger partial charge in [0.15, 0.2) is 5.76 Å². The van der Waals surface area contributed by atoms with E-state index < -0.39 is 30.4 Å². The highest BCUT2D eigenvalue weighted by atomic mass is 16.6. The first-order chi connectivity index (χ1) is 7.38. The third-order valence-electron chi connectivity index (χ3n) is 1.42. The molecule has 6 heteroatoms. The maximum Gasteiger partial charge on any atom is 0.380 e. The van der Waals surface area contributed by atoms with E-state index in [1.165, 1.54) is 6.92 Å². The van der Waals surface area contributed by atoms with Gasteiger partial charge in [-0.15, -0.1) is 0 Å². The van der Waals surface area contributed by atoms with Crippen LogP contribution in [-0.4, -0.2) is 41.5 Å². The summed E-state index contributed by atoms with van der Waals surface area (Å²) in [6, 6.07) is 0. The highest BCUT2D eigenvalue weighted by molar-refractivity contribution is 6.00. The number of carbonyl (C=O) groups is 2. The Bertz CT molecular complexity index is 306. The van der Waals surface area contributed by atoms with Gasteiger partial charge in [0, 0.05) is 5.57 Å². The minimum absolute atomic E-state index is 0.0662. The molecule has 0 radical (unpaired) electrons. The van der Waals surface area contributed by atoms with Crippen molar-refractivity contribution in [2.45, 2.75) is 13.0 Å². The maximum absolute atomic E-state index is 11.1. The molecule has 0 amide bonds. The molecule has 0 aromatic carbocycles. The van der Waals surface area contributed by atoms with E-state index in [1.807, 2.05) is 0 Å². The van der Waals surface area contributed by atoms with Crippen LogP contribution in [0, 0.1) is 0 Å². The van der Waals surface area contributed by atoms with Crippen molar-refractivity contribution >= 4 is 11.9 Å². The third kappa shape index (κ3) is 5.28. The van der Waals surface area contributed by atoms with Crippen molar-refractivity contribution in [3.05, 3.63) is 24.5 Å². The maximum atomic E-state index is 11.1. The van der Waals surface area contributed by atoms with Crippen LogP contribution < -0.4 is 0 Å². The lowest BCUT2D eigenvalue weighted by Crippen LogP contribution is -2.22. The molecule has 1 unspecified atom stereocenters. The van der Waals surface area contributed by atoms with Crippen LogP contribution in [0.1, 0.15) is 6.92 Å². The van der Waals surface area contributed by atoms with Crippen LogP contribution >= 0.6 is 0 Å². The minimum atomic E-state index is -1.12. The molecule has 0 aliphatic carbocycles. The van der Waals surface area contributed by atoms with E-state index in [0.717, 1.165) is 0 Å². The summed E-state index contributed by atoms with van der Waals surface area (Å²) >= 11 is 0. The Morgan fingerprint density at radius 1 is 1.31 bits per heavy atom. The van der Waals surface area contributed by atoms with Crippen molar-refractivity contribution in [1.82, 2.24) is 0 Å². The smallest absolute Gasteiger partial charge is 0.380 e. The van der Waals surface area contributed by atoms with E-state index in [1.54, 1.807) is 0 Å². The summed E-state index contributed by atoms with van der Waals surface area (Å²) in [5.74, 6) is -2.36. The van der Waals surface area contributed by atoms with Gasteiger partial charge in [-0.3, -0.25) is 0 Å². The first-order valence-electron chi connectivity index (χ1n) is 4.41. The van der Waals surface area contributed by atoms with Gasteiger partial charge in [0.25, 0.3) is 0 Å². The third-order valence-corrected chi connectivity index (χ3v) is 1.42. The average molecular weight is 230 g/mol. The average Bonchev–Trinajstić information content (AvgIpc) is 2.24. The zero-order valence-electron chi connectivity index (χ0n) is 8.93. The van der Waals surface area contributed by atoms with Crippen molar-refractivity contribution < 1.29 is 29.3 Å². The number of esters is 2. The molecule has 0 aromatic rings. The van der Waals surface area contributed by atoms with E-state index >= 15 is 0 Å². The molecule has 0 spiro atoms. The van der Waals surface area contributed by atoms with E-state index in [9.17, 15) is 9.59 Å². The molecule has 1 atom stereocenters. The number of carbonyl (C=O) groups excluding carboxylic acids is 2. The van der Waals surface area contributed by atoms with Gasteiger partial charge in [-0.1, -0.05) is 6.58 Å². The molecule has 0 saturated heterocycles. The highest BCUT2D eigenvalue weighted by Crippen LogP contribution is 2.01. The Labute approximate surface area is 92.8 Å². The van der Waals surface area contributed by atoms with E-state index in [0.29, 0.717) is 0 Å². The molecule has 0 aliphatic heterocycles. The van der Waals surface area contributed by atoms with Crippen molar-refractivity contribution in [1.29, 1.82) is 0 Å². The molecule has 16 heavy (non-hydrogen) atoms. The second-order valence-electron chi connectivity index (χ2n) is 3.03. The number of hydrogen-bond donors (Lipinski definition) is 2. The van der Waals surface area contributed by atoms with Crippen LogP contribution in [-0.2, 0) is 19.1 Å². The standard InChI is InChI=1S/C10H14O6/c1-6(2)9(13)16-10(14)7(3)15-5-8(12)4-11/h8,11-12H,1,3-5H2,2H3. The minimum Gasteiger partial charge on any atom is -0.484 e. The monoisotopic (exact) mass is 230 g/mol. The lowest BCUT2D eigenvalue weighted by molar-refractivity contribution is -0.156. The van der Waals surface area contributed by atoms with Crippen LogP contribution in [0.25, 0.3) is 0 Å². The number of ether oxygens (including phenoxy) is 2. The van der Waals surface area contributed by atoms with Gasteiger partial charge in [0.05, 0.1) is 6.61 Å². The summed E-state index contributed by atoms with van der Waals surface area (Å²) in [5, 5.41) is 17.4. The van der Waals surface area contributed by atoms with Gasteiger partial charge >= 0.3 is 11.9 Å². The Balaban J connectivity index is 4.05. The summed E-state index contributed by atoms with van der Waals surface area (Å²) in [6.45, 7) is 7.05. The first kappa shape index (κ1) is 14.3. The van der Waals surface area contributed by atoms with E-state index in [2.05, 4.69) is 22.6 Å². The highest BCUT2D eigenvalue weighted by Gasteiger charge is 2.16. The molecule has 0 saturated carbocycles. The predicted octanol–water partition coefficient (Wildman–Crippen LogP) is -0.484. The number of aliphatic hydroxyl groups excluding tert-OH is 2. The van der Waals surface area contributed by atoms with Crippen LogP contribution in [0.3, 0.4) is 0 Å². The summed E-state index contributed by atoms with van der Waals surface area (Å²) in [6.07, 6.45) is -1.12. The van der Waals surface area contributed by atoms with Crippen LogP contribution in [0.4, 0.5) is 0 Å². The van der Waals surface area contributed by atoms with Crippen LogP contribution in [0.5, 0.6) is 0 Å². The Kier molecular flexibility index (Phi) is 6.06. The Morgan fingerprint density at radius 2 is 1.88 bits per heavy atom. The molecular weight excluding hydrogens is 216 g/mol. The summed E-state index contributed by atoms with van der Waals surface area (Å²) < 4.78 is 8.97. The second-order valence-corrected chi connectivity index (χ2v) is 3.03. The van der Waals surface area contributed by atoms with Crippen LogP contribution in [0.15, 0.2) is 24.5 Å². The molecule has 0 aromatic heterocycles. The quantitative estimate of drug-likeness (QED) is 0.277. The Morgan fingerprint density at radius 3 is 2.31 bits per heavy atom. The molecule has 90 valence electrons. The zero-order valence-corrected chi connectivity index (χ0v) is 8.93. The van der Waals surface area contributed by atoms with E-state index in [4.69, 9.17) is 10.2 Å². The lowest BCUT2D eigenvalue weighted by atomic mass is 10.4. The fourth-order valence-corrected chi connectivity index (χ4v) is 0.537. The predicted molar refractivity (Wildman–Crippen MR) is 54.1 cm³/mol. The number of aliphatic hydroxyl groups is 2. The van der Waals surface area contributed by atoms with Gasteiger partial charge in [-0.05, 0) is 13.5 Å². The number of rotatable bonds is 6. The number of hydrogen-bond acceptors (Lipinski definition) is 6. The van der Waals surface area contributed by atoms with E-state index in [-0.39, 0.29) is 12.2 Å². The molecule has 0 aliphatic rings. The van der Waals surface area contributed by atoms with Gasteiger partial charge in [-0.25, -0.2) is 9.59 Å². The van der Waals surface area contributed by atoms with Crippen molar-refractivity contribution in [2.75, 3.05) is 13.2 Å². The molecular formula is C10H14O6. The first-order valence-corrected chi connectivity index (χ1v) is 4.41.